The van der Waals surface area contributed by atoms with Crippen molar-refractivity contribution in [1.29, 1.82) is 0 Å². The molecule has 5 rings (SSSR count). The van der Waals surface area contributed by atoms with Crippen LogP contribution in [0.5, 0.6) is 5.75 Å². The van der Waals surface area contributed by atoms with Crippen LogP contribution in [0.2, 0.25) is 5.02 Å². The van der Waals surface area contributed by atoms with E-state index in [1.54, 1.807) is 30.0 Å². The first kappa shape index (κ1) is 24.1. The van der Waals surface area contributed by atoms with Crippen molar-refractivity contribution < 1.29 is 9.13 Å². The Kier molecular flexibility index (Phi) is 6.81. The lowest BCUT2D eigenvalue weighted by molar-refractivity contribution is 0.412. The van der Waals surface area contributed by atoms with E-state index in [0.29, 0.717) is 38.6 Å². The van der Waals surface area contributed by atoms with Gasteiger partial charge in [-0.05, 0) is 60.0 Å². The van der Waals surface area contributed by atoms with Crippen LogP contribution in [-0.4, -0.2) is 16.7 Å². The molecule has 0 aliphatic heterocycles. The monoisotopic (exact) mass is 516 g/mol. The van der Waals surface area contributed by atoms with Gasteiger partial charge in [0, 0.05) is 27.3 Å². The van der Waals surface area contributed by atoms with Crippen LogP contribution in [0.25, 0.3) is 27.8 Å². The van der Waals surface area contributed by atoms with Crippen molar-refractivity contribution in [3.05, 3.63) is 117 Å². The van der Waals surface area contributed by atoms with E-state index < -0.39 is 5.82 Å². The van der Waals surface area contributed by atoms with E-state index in [1.807, 2.05) is 49.4 Å². The molecule has 1 heterocycles. The zero-order valence-electron chi connectivity index (χ0n) is 19.7. The maximum Gasteiger partial charge on any atom is 0.274 e. The third kappa shape index (κ3) is 4.74. The maximum absolute atomic E-state index is 15.4. The van der Waals surface area contributed by atoms with E-state index in [1.165, 1.54) is 29.5 Å². The van der Waals surface area contributed by atoms with Crippen LogP contribution in [0.4, 0.5) is 4.39 Å². The Labute approximate surface area is 217 Å². The highest BCUT2D eigenvalue weighted by molar-refractivity contribution is 7.98. The van der Waals surface area contributed by atoms with Gasteiger partial charge >= 0.3 is 0 Å². The molecule has 7 heteroatoms. The summed E-state index contributed by atoms with van der Waals surface area (Å²) in [5.74, 6) is 0.715. The number of hydrogen-bond acceptors (Lipinski definition) is 4. The minimum atomic E-state index is -0.473. The number of rotatable bonds is 6. The lowest BCUT2D eigenvalue weighted by Crippen LogP contribution is -2.19. The fourth-order valence-electron chi connectivity index (χ4n) is 4.09. The normalized spacial score (nSPS) is 11.1. The second kappa shape index (κ2) is 10.2. The van der Waals surface area contributed by atoms with Crippen molar-refractivity contribution in [2.24, 2.45) is 0 Å². The SMILES string of the molecule is COc1cc(-c2ccc(Cl)c(C)c2)c(F)cc1-n1c(=O)cnc2cc(SCc3ccccc3)ccc21. The average molecular weight is 517 g/mol. The predicted molar refractivity (Wildman–Crippen MR) is 145 cm³/mol. The fraction of sp³-hybridized carbons (Fsp3) is 0.103. The quantitative estimate of drug-likeness (QED) is 0.220. The first-order chi connectivity index (χ1) is 17.4. The number of nitrogens with zero attached hydrogens (tertiary/aromatic N) is 2. The molecule has 0 amide bonds. The third-order valence-corrected chi connectivity index (χ3v) is 7.44. The van der Waals surface area contributed by atoms with Crippen LogP contribution >= 0.6 is 23.4 Å². The summed E-state index contributed by atoms with van der Waals surface area (Å²) in [5.41, 5.74) is 4.23. The molecule has 0 unspecified atom stereocenters. The summed E-state index contributed by atoms with van der Waals surface area (Å²) in [6.07, 6.45) is 1.25. The number of hydrogen-bond donors (Lipinski definition) is 0. The van der Waals surface area contributed by atoms with Crippen molar-refractivity contribution in [1.82, 2.24) is 9.55 Å². The van der Waals surface area contributed by atoms with Gasteiger partial charge in [0.15, 0.2) is 0 Å². The van der Waals surface area contributed by atoms with Gasteiger partial charge in [0.2, 0.25) is 0 Å². The molecule has 5 aromatic rings. The average Bonchev–Trinajstić information content (AvgIpc) is 2.89. The highest BCUT2D eigenvalue weighted by Gasteiger charge is 2.17. The Morgan fingerprint density at radius 1 is 1.03 bits per heavy atom. The molecule has 0 spiro atoms. The van der Waals surface area contributed by atoms with Crippen LogP contribution in [0.15, 0.2) is 94.7 Å². The summed E-state index contributed by atoms with van der Waals surface area (Å²) in [4.78, 5) is 18.3. The van der Waals surface area contributed by atoms with Gasteiger partial charge in [-0.2, -0.15) is 0 Å². The number of benzene rings is 4. The zero-order valence-corrected chi connectivity index (χ0v) is 21.2. The molecule has 0 aliphatic rings. The van der Waals surface area contributed by atoms with Crippen molar-refractivity contribution in [3.8, 4) is 22.6 Å². The Balaban J connectivity index is 1.57. The van der Waals surface area contributed by atoms with E-state index >= 15 is 4.39 Å². The molecule has 0 radical (unpaired) electrons. The molecule has 0 N–H and O–H groups in total. The molecule has 180 valence electrons. The molecule has 0 bridgehead atoms. The zero-order chi connectivity index (χ0) is 25.2. The minimum absolute atomic E-state index is 0.312. The Morgan fingerprint density at radius 3 is 2.58 bits per heavy atom. The molecular weight excluding hydrogens is 495 g/mol. The van der Waals surface area contributed by atoms with E-state index in [0.717, 1.165) is 16.2 Å². The van der Waals surface area contributed by atoms with Gasteiger partial charge in [0.05, 0.1) is 30.0 Å². The van der Waals surface area contributed by atoms with E-state index in [9.17, 15) is 4.79 Å². The topological polar surface area (TPSA) is 44.1 Å². The van der Waals surface area contributed by atoms with Crippen LogP contribution in [0, 0.1) is 12.7 Å². The summed E-state index contributed by atoms with van der Waals surface area (Å²) in [6, 6.07) is 24.2. The smallest absolute Gasteiger partial charge is 0.274 e. The molecule has 0 aliphatic carbocycles. The number of fused-ring (bicyclic) bond motifs is 1. The van der Waals surface area contributed by atoms with Gasteiger partial charge in [-0.25, -0.2) is 9.37 Å². The van der Waals surface area contributed by atoms with Crippen molar-refractivity contribution in [3.63, 3.8) is 0 Å². The van der Waals surface area contributed by atoms with Crippen LogP contribution in [-0.2, 0) is 5.75 Å². The van der Waals surface area contributed by atoms with Crippen LogP contribution in [0.3, 0.4) is 0 Å². The van der Waals surface area contributed by atoms with Gasteiger partial charge in [-0.3, -0.25) is 9.36 Å². The standard InChI is InChI=1S/C29H22ClFN2O2S/c1-18-12-20(8-10-23(18)30)22-14-28(35-2)27(15-24(22)31)33-26-11-9-21(13-25(26)32-16-29(33)34)36-17-19-6-4-3-5-7-19/h3-16H,17H2,1-2H3. The summed E-state index contributed by atoms with van der Waals surface area (Å²) < 4.78 is 22.5. The largest absolute Gasteiger partial charge is 0.495 e. The maximum atomic E-state index is 15.4. The van der Waals surface area contributed by atoms with Gasteiger partial charge < -0.3 is 4.74 Å². The number of ether oxygens (including phenoxy) is 1. The van der Waals surface area contributed by atoms with Crippen LogP contribution in [0.1, 0.15) is 11.1 Å². The van der Waals surface area contributed by atoms with Gasteiger partial charge in [0.25, 0.3) is 5.56 Å². The molecule has 0 saturated heterocycles. The van der Waals surface area contributed by atoms with Gasteiger partial charge in [-0.1, -0.05) is 48.0 Å². The van der Waals surface area contributed by atoms with Gasteiger partial charge in [0.1, 0.15) is 11.6 Å². The molecule has 4 aromatic carbocycles. The van der Waals surface area contributed by atoms with Gasteiger partial charge in [-0.15, -0.1) is 11.8 Å². The fourth-order valence-corrected chi connectivity index (χ4v) is 5.09. The highest BCUT2D eigenvalue weighted by Crippen LogP contribution is 2.35. The first-order valence-electron chi connectivity index (χ1n) is 11.3. The second-order valence-corrected chi connectivity index (χ2v) is 9.78. The minimum Gasteiger partial charge on any atom is -0.495 e. The number of thioether (sulfide) groups is 1. The Bertz CT molecular complexity index is 1640. The number of halogens is 2. The predicted octanol–water partition coefficient (Wildman–Crippen LogP) is 7.45. The number of methoxy groups -OCH3 is 1. The molecule has 4 nitrogen and oxygen atoms in total. The first-order valence-corrected chi connectivity index (χ1v) is 12.6. The van der Waals surface area contributed by atoms with Crippen molar-refractivity contribution in [2.75, 3.05) is 7.11 Å². The summed E-state index contributed by atoms with van der Waals surface area (Å²) in [5, 5.41) is 0.610. The summed E-state index contributed by atoms with van der Waals surface area (Å²) >= 11 is 7.83. The van der Waals surface area contributed by atoms with Crippen LogP contribution < -0.4 is 10.3 Å². The van der Waals surface area contributed by atoms with E-state index in [-0.39, 0.29) is 5.56 Å². The molecule has 0 fully saturated rings. The molecule has 0 atom stereocenters. The molecular formula is C29H22ClFN2O2S. The highest BCUT2D eigenvalue weighted by atomic mass is 35.5. The Hall–Kier alpha value is -3.61. The lowest BCUT2D eigenvalue weighted by atomic mass is 10.0. The second-order valence-electron chi connectivity index (χ2n) is 8.32. The molecule has 36 heavy (non-hydrogen) atoms. The number of aryl methyl sites for hydroxylation is 1. The summed E-state index contributed by atoms with van der Waals surface area (Å²) in [6.45, 7) is 1.87. The van der Waals surface area contributed by atoms with E-state index in [4.69, 9.17) is 16.3 Å². The molecule has 0 saturated carbocycles. The number of aromatic nitrogens is 2. The third-order valence-electron chi connectivity index (χ3n) is 5.95. The van der Waals surface area contributed by atoms with Crippen molar-refractivity contribution in [2.45, 2.75) is 17.6 Å². The summed E-state index contributed by atoms with van der Waals surface area (Å²) in [7, 11) is 1.50. The van der Waals surface area contributed by atoms with E-state index in [2.05, 4.69) is 17.1 Å². The Morgan fingerprint density at radius 2 is 1.83 bits per heavy atom. The molecule has 1 aromatic heterocycles. The van der Waals surface area contributed by atoms with Crippen molar-refractivity contribution >= 4 is 34.4 Å². The lowest BCUT2D eigenvalue weighted by Gasteiger charge is -2.16.